The number of nitrogens with zero attached hydrogens (tertiary/aromatic N) is 2. The first-order chi connectivity index (χ1) is 12.0. The maximum Gasteiger partial charge on any atom is 0.237 e. The second kappa shape index (κ2) is 9.39. The molecule has 0 aromatic heterocycles. The van der Waals surface area contributed by atoms with Crippen molar-refractivity contribution in [2.45, 2.75) is 25.9 Å². The van der Waals surface area contributed by atoms with Gasteiger partial charge in [0.1, 0.15) is 5.75 Å². The second-order valence-corrected chi connectivity index (χ2v) is 6.10. The second-order valence-electron chi connectivity index (χ2n) is 6.10. The van der Waals surface area contributed by atoms with Gasteiger partial charge in [0.15, 0.2) is 0 Å². The zero-order valence-electron chi connectivity index (χ0n) is 14.9. The summed E-state index contributed by atoms with van der Waals surface area (Å²) in [6.07, 6.45) is 0.110. The molecule has 2 rings (SSSR count). The molecule has 1 aromatic carbocycles. The van der Waals surface area contributed by atoms with Gasteiger partial charge in [0, 0.05) is 33.2 Å². The molecule has 0 saturated carbocycles. The standard InChI is InChI=1S/C18H27N3O4/c1-3-25-15-6-4-14(5-7-15)13-21-9-8-19-18(24)16(21)12-17(23)20(2)10-11-22/h4-7,16,22H,3,8-13H2,1-2H3,(H,19,24)/t16-/m1/s1. The van der Waals surface area contributed by atoms with Crippen LogP contribution >= 0.6 is 0 Å². The fourth-order valence-corrected chi connectivity index (χ4v) is 2.86. The Morgan fingerprint density at radius 1 is 1.40 bits per heavy atom. The number of piperazine rings is 1. The Kier molecular flexibility index (Phi) is 7.21. The number of hydrogen-bond acceptors (Lipinski definition) is 5. The van der Waals surface area contributed by atoms with Crippen molar-refractivity contribution < 1.29 is 19.4 Å². The van der Waals surface area contributed by atoms with E-state index in [1.165, 1.54) is 4.90 Å². The number of nitrogens with one attached hydrogen (secondary N) is 1. The van der Waals surface area contributed by atoms with E-state index in [2.05, 4.69) is 5.32 Å². The van der Waals surface area contributed by atoms with Gasteiger partial charge in [-0.25, -0.2) is 0 Å². The van der Waals surface area contributed by atoms with Crippen molar-refractivity contribution in [2.75, 3.05) is 39.9 Å². The first-order valence-corrected chi connectivity index (χ1v) is 8.63. The van der Waals surface area contributed by atoms with Gasteiger partial charge in [0.25, 0.3) is 0 Å². The normalized spacial score (nSPS) is 17.9. The molecule has 1 aliphatic rings. The van der Waals surface area contributed by atoms with Crippen LogP contribution < -0.4 is 10.1 Å². The Hall–Kier alpha value is -2.12. The van der Waals surface area contributed by atoms with Gasteiger partial charge in [-0.05, 0) is 24.6 Å². The number of aliphatic hydroxyl groups is 1. The van der Waals surface area contributed by atoms with Crippen molar-refractivity contribution in [1.29, 1.82) is 0 Å². The van der Waals surface area contributed by atoms with E-state index in [0.29, 0.717) is 26.2 Å². The van der Waals surface area contributed by atoms with E-state index >= 15 is 0 Å². The van der Waals surface area contributed by atoms with Crippen LogP contribution in [0.2, 0.25) is 0 Å². The average Bonchev–Trinajstić information content (AvgIpc) is 2.60. The number of amides is 2. The van der Waals surface area contributed by atoms with Gasteiger partial charge < -0.3 is 20.1 Å². The zero-order valence-corrected chi connectivity index (χ0v) is 14.9. The number of ether oxygens (including phenoxy) is 1. The molecule has 2 amide bonds. The van der Waals surface area contributed by atoms with Crippen molar-refractivity contribution in [3.63, 3.8) is 0 Å². The van der Waals surface area contributed by atoms with Gasteiger partial charge in [0.05, 0.1) is 25.7 Å². The van der Waals surface area contributed by atoms with Crippen molar-refractivity contribution in [1.82, 2.24) is 15.1 Å². The molecule has 2 N–H and O–H groups in total. The summed E-state index contributed by atoms with van der Waals surface area (Å²) in [6.45, 7) is 4.61. The number of carbonyl (C=O) groups is 2. The SMILES string of the molecule is CCOc1ccc(CN2CCNC(=O)[C@H]2CC(=O)N(C)CCO)cc1. The molecular weight excluding hydrogens is 322 g/mol. The molecular formula is C18H27N3O4. The lowest BCUT2D eigenvalue weighted by Crippen LogP contribution is -2.56. The van der Waals surface area contributed by atoms with Crippen molar-refractivity contribution in [3.05, 3.63) is 29.8 Å². The Morgan fingerprint density at radius 3 is 2.76 bits per heavy atom. The molecule has 1 aromatic rings. The molecule has 138 valence electrons. The first-order valence-electron chi connectivity index (χ1n) is 8.63. The maximum atomic E-state index is 12.3. The van der Waals surface area contributed by atoms with Crippen LogP contribution in [0, 0.1) is 0 Å². The van der Waals surface area contributed by atoms with Crippen LogP contribution in [0.4, 0.5) is 0 Å². The summed E-state index contributed by atoms with van der Waals surface area (Å²) in [5.41, 5.74) is 1.07. The van der Waals surface area contributed by atoms with Crippen LogP contribution in [-0.2, 0) is 16.1 Å². The van der Waals surface area contributed by atoms with Crippen LogP contribution in [0.3, 0.4) is 0 Å². The number of aliphatic hydroxyl groups excluding tert-OH is 1. The molecule has 1 heterocycles. The third-order valence-electron chi connectivity index (χ3n) is 4.29. The average molecular weight is 349 g/mol. The first kappa shape index (κ1) is 19.2. The number of carbonyl (C=O) groups excluding carboxylic acids is 2. The molecule has 0 unspecified atom stereocenters. The Balaban J connectivity index is 2.03. The van der Waals surface area contributed by atoms with Crippen LogP contribution in [0.5, 0.6) is 5.75 Å². The van der Waals surface area contributed by atoms with E-state index in [4.69, 9.17) is 9.84 Å². The fraction of sp³-hybridized carbons (Fsp3) is 0.556. The summed E-state index contributed by atoms with van der Waals surface area (Å²) >= 11 is 0. The highest BCUT2D eigenvalue weighted by atomic mass is 16.5. The number of hydrogen-bond donors (Lipinski definition) is 2. The van der Waals surface area contributed by atoms with Crippen molar-refractivity contribution in [3.8, 4) is 5.75 Å². The Morgan fingerprint density at radius 2 is 2.12 bits per heavy atom. The zero-order chi connectivity index (χ0) is 18.2. The monoisotopic (exact) mass is 349 g/mol. The summed E-state index contributed by atoms with van der Waals surface area (Å²) in [7, 11) is 1.63. The molecule has 0 spiro atoms. The molecule has 0 bridgehead atoms. The fourth-order valence-electron chi connectivity index (χ4n) is 2.86. The number of benzene rings is 1. The summed E-state index contributed by atoms with van der Waals surface area (Å²) < 4.78 is 5.44. The molecule has 25 heavy (non-hydrogen) atoms. The lowest BCUT2D eigenvalue weighted by molar-refractivity contribution is -0.138. The van der Waals surface area contributed by atoms with Crippen LogP contribution in [0.1, 0.15) is 18.9 Å². The molecule has 7 nitrogen and oxygen atoms in total. The predicted molar refractivity (Wildman–Crippen MR) is 94.2 cm³/mol. The maximum absolute atomic E-state index is 12.3. The summed E-state index contributed by atoms with van der Waals surface area (Å²) in [5.74, 6) is 0.552. The Labute approximate surface area is 148 Å². The highest BCUT2D eigenvalue weighted by Crippen LogP contribution is 2.17. The van der Waals surface area contributed by atoms with Gasteiger partial charge in [0.2, 0.25) is 11.8 Å². The van der Waals surface area contributed by atoms with E-state index in [9.17, 15) is 9.59 Å². The minimum Gasteiger partial charge on any atom is -0.494 e. The van der Waals surface area contributed by atoms with Crippen LogP contribution in [-0.4, -0.2) is 72.7 Å². The summed E-state index contributed by atoms with van der Waals surface area (Å²) in [6, 6.07) is 7.30. The van der Waals surface area contributed by atoms with Crippen LogP contribution in [0.25, 0.3) is 0 Å². The molecule has 0 radical (unpaired) electrons. The molecule has 7 heteroatoms. The van der Waals surface area contributed by atoms with E-state index in [-0.39, 0.29) is 31.4 Å². The topological polar surface area (TPSA) is 82.1 Å². The van der Waals surface area contributed by atoms with E-state index in [1.807, 2.05) is 36.1 Å². The minimum absolute atomic E-state index is 0.0883. The minimum atomic E-state index is -0.492. The molecule has 1 atom stereocenters. The quantitative estimate of drug-likeness (QED) is 0.702. The van der Waals surface area contributed by atoms with Crippen molar-refractivity contribution in [2.24, 2.45) is 0 Å². The molecule has 1 aliphatic heterocycles. The molecule has 1 fully saturated rings. The van der Waals surface area contributed by atoms with Crippen LogP contribution in [0.15, 0.2) is 24.3 Å². The highest BCUT2D eigenvalue weighted by Gasteiger charge is 2.32. The third-order valence-corrected chi connectivity index (χ3v) is 4.29. The van der Waals surface area contributed by atoms with Crippen molar-refractivity contribution >= 4 is 11.8 Å². The predicted octanol–water partition coefficient (Wildman–Crippen LogP) is 0.227. The van der Waals surface area contributed by atoms with Gasteiger partial charge in [-0.1, -0.05) is 12.1 Å². The third kappa shape index (κ3) is 5.44. The number of likely N-dealkylation sites (N-methyl/N-ethyl adjacent to an activating group) is 1. The van der Waals surface area contributed by atoms with Gasteiger partial charge >= 0.3 is 0 Å². The highest BCUT2D eigenvalue weighted by molar-refractivity contribution is 5.88. The van der Waals surface area contributed by atoms with E-state index in [0.717, 1.165) is 11.3 Å². The van der Waals surface area contributed by atoms with Gasteiger partial charge in [-0.15, -0.1) is 0 Å². The van der Waals surface area contributed by atoms with E-state index in [1.54, 1.807) is 7.05 Å². The largest absolute Gasteiger partial charge is 0.494 e. The number of rotatable bonds is 8. The van der Waals surface area contributed by atoms with E-state index < -0.39 is 6.04 Å². The summed E-state index contributed by atoms with van der Waals surface area (Å²) in [4.78, 5) is 28.0. The van der Waals surface area contributed by atoms with Gasteiger partial charge in [-0.3, -0.25) is 14.5 Å². The summed E-state index contributed by atoms with van der Waals surface area (Å²) in [5, 5.41) is 11.8. The lowest BCUT2D eigenvalue weighted by Gasteiger charge is -2.35. The molecule has 1 saturated heterocycles. The lowest BCUT2D eigenvalue weighted by atomic mass is 10.1. The molecule has 0 aliphatic carbocycles. The smallest absolute Gasteiger partial charge is 0.237 e. The Bertz CT molecular complexity index is 576. The van der Waals surface area contributed by atoms with Gasteiger partial charge in [-0.2, -0.15) is 0 Å².